The molecule has 2 nitrogen and oxygen atoms in total. The number of para-hydroxylation sites is 1. The summed E-state index contributed by atoms with van der Waals surface area (Å²) >= 11 is 3.79. The number of pyridine rings is 1. The van der Waals surface area contributed by atoms with Crippen LogP contribution in [0.2, 0.25) is 0 Å². The number of rotatable bonds is 2. The van der Waals surface area contributed by atoms with Gasteiger partial charge in [0.15, 0.2) is 0 Å². The molecule has 0 atom stereocenters. The lowest BCUT2D eigenvalue weighted by atomic mass is 9.90. The van der Waals surface area contributed by atoms with Gasteiger partial charge in [0.1, 0.15) is 0 Å². The normalized spacial score (nSPS) is 12.3. The van der Waals surface area contributed by atoms with Gasteiger partial charge in [0, 0.05) is 63.1 Å². The molecule has 0 unspecified atom stereocenters. The summed E-state index contributed by atoms with van der Waals surface area (Å²) in [6.45, 7) is 0. The van der Waals surface area contributed by atoms with Gasteiger partial charge in [-0.15, -0.1) is 22.7 Å². The summed E-state index contributed by atoms with van der Waals surface area (Å²) in [5.41, 5.74) is 6.83. The topological polar surface area (TPSA) is 17.8 Å². The molecule has 12 aromatic rings. The third kappa shape index (κ3) is 3.78. The molecular weight excluding hydrogens is 657 g/mol. The summed E-state index contributed by atoms with van der Waals surface area (Å²) < 4.78 is 7.82. The van der Waals surface area contributed by atoms with Crippen molar-refractivity contribution in [1.82, 2.24) is 9.55 Å². The van der Waals surface area contributed by atoms with E-state index in [2.05, 4.69) is 162 Å². The zero-order valence-electron chi connectivity index (χ0n) is 27.2. The predicted molar refractivity (Wildman–Crippen MR) is 222 cm³/mol. The number of nitrogens with zero attached hydrogens (tertiary/aromatic N) is 2. The Labute approximate surface area is 300 Å². The van der Waals surface area contributed by atoms with Crippen LogP contribution in [0.25, 0.3) is 112 Å². The van der Waals surface area contributed by atoms with Crippen LogP contribution in [-0.4, -0.2) is 9.55 Å². The summed E-state index contributed by atoms with van der Waals surface area (Å²) in [7, 11) is 0. The smallest absolute Gasteiger partial charge is 0.0794 e. The van der Waals surface area contributed by atoms with Crippen molar-refractivity contribution in [2.75, 3.05) is 0 Å². The summed E-state index contributed by atoms with van der Waals surface area (Å²) in [4.78, 5) is 5.41. The maximum absolute atomic E-state index is 5.41. The van der Waals surface area contributed by atoms with Gasteiger partial charge in [-0.2, -0.15) is 0 Å². The summed E-state index contributed by atoms with van der Waals surface area (Å²) in [5.74, 6) is 0. The number of hydrogen-bond donors (Lipinski definition) is 0. The molecule has 236 valence electrons. The zero-order chi connectivity index (χ0) is 33.2. The van der Waals surface area contributed by atoms with Crippen molar-refractivity contribution in [2.24, 2.45) is 0 Å². The Balaban J connectivity index is 1.16. The van der Waals surface area contributed by atoms with E-state index in [1.54, 1.807) is 0 Å². The van der Waals surface area contributed by atoms with Gasteiger partial charge in [0.05, 0.1) is 26.9 Å². The van der Waals surface area contributed by atoms with Gasteiger partial charge in [-0.3, -0.25) is 0 Å². The molecule has 51 heavy (non-hydrogen) atoms. The van der Waals surface area contributed by atoms with Crippen LogP contribution in [0.1, 0.15) is 0 Å². The molecule has 0 spiro atoms. The van der Waals surface area contributed by atoms with Gasteiger partial charge in [0.25, 0.3) is 0 Å². The summed E-state index contributed by atoms with van der Waals surface area (Å²) in [6, 6.07) is 57.9. The maximum Gasteiger partial charge on any atom is 0.0794 e. The van der Waals surface area contributed by atoms with Crippen molar-refractivity contribution >= 4 is 117 Å². The Morgan fingerprint density at radius 3 is 1.75 bits per heavy atom. The first-order valence-electron chi connectivity index (χ1n) is 17.3. The Kier molecular flexibility index (Phi) is 5.56. The average molecular weight is 683 g/mol. The lowest BCUT2D eigenvalue weighted by molar-refractivity contribution is 1.19. The number of hydrogen-bond acceptors (Lipinski definition) is 3. The molecule has 4 heterocycles. The van der Waals surface area contributed by atoms with Gasteiger partial charge in [0.2, 0.25) is 0 Å². The van der Waals surface area contributed by atoms with Crippen LogP contribution in [0.3, 0.4) is 0 Å². The Bertz CT molecular complexity index is 3420. The Hall–Kier alpha value is -6.07. The quantitative estimate of drug-likeness (QED) is 0.166. The van der Waals surface area contributed by atoms with E-state index < -0.39 is 0 Å². The number of aromatic nitrogens is 2. The second-order valence-electron chi connectivity index (χ2n) is 13.4. The minimum atomic E-state index is 1.01. The molecule has 8 aromatic carbocycles. The molecule has 0 radical (unpaired) electrons. The van der Waals surface area contributed by atoms with Gasteiger partial charge >= 0.3 is 0 Å². The van der Waals surface area contributed by atoms with E-state index in [4.69, 9.17) is 4.98 Å². The molecule has 0 saturated carbocycles. The number of thiophene rings is 2. The van der Waals surface area contributed by atoms with E-state index in [0.717, 1.165) is 22.5 Å². The highest BCUT2D eigenvalue weighted by molar-refractivity contribution is 7.27. The molecule has 4 aromatic heterocycles. The molecule has 0 amide bonds. The van der Waals surface area contributed by atoms with Crippen LogP contribution in [0.5, 0.6) is 0 Å². The fourth-order valence-corrected chi connectivity index (χ4v) is 10.9. The predicted octanol–water partition coefficient (Wildman–Crippen LogP) is 14.0. The van der Waals surface area contributed by atoms with Crippen molar-refractivity contribution in [1.29, 1.82) is 0 Å². The molecule has 4 heteroatoms. The van der Waals surface area contributed by atoms with Gasteiger partial charge in [-0.25, -0.2) is 4.98 Å². The largest absolute Gasteiger partial charge is 0.308 e. The third-order valence-corrected chi connectivity index (χ3v) is 13.1. The van der Waals surface area contributed by atoms with Crippen molar-refractivity contribution in [2.45, 2.75) is 0 Å². The molecule has 0 aliphatic heterocycles. The van der Waals surface area contributed by atoms with Crippen molar-refractivity contribution in [3.8, 4) is 16.9 Å². The fourth-order valence-electron chi connectivity index (χ4n) is 8.56. The molecule has 0 aliphatic rings. The van der Waals surface area contributed by atoms with Crippen LogP contribution in [0.4, 0.5) is 0 Å². The van der Waals surface area contributed by atoms with Crippen molar-refractivity contribution in [3.63, 3.8) is 0 Å². The monoisotopic (exact) mass is 682 g/mol. The highest BCUT2D eigenvalue weighted by Crippen LogP contribution is 2.47. The average Bonchev–Trinajstić information content (AvgIpc) is 3.85. The molecule has 12 rings (SSSR count). The molecule has 0 fully saturated rings. The lowest BCUT2D eigenvalue weighted by Gasteiger charge is -2.16. The molecule has 0 N–H and O–H groups in total. The van der Waals surface area contributed by atoms with E-state index in [0.29, 0.717) is 0 Å². The van der Waals surface area contributed by atoms with E-state index in [-0.39, 0.29) is 0 Å². The molecule has 0 bridgehead atoms. The fraction of sp³-hybridized carbons (Fsp3) is 0. The van der Waals surface area contributed by atoms with E-state index in [9.17, 15) is 0 Å². The second-order valence-corrected chi connectivity index (χ2v) is 15.6. The maximum atomic E-state index is 5.41. The SMILES string of the molecule is c1ccc2c(c1)nc(-c1ccc(-n3c4cc5c(cc4c4sc6ccccc6c43)sc3ccccc35)cc1)c1c3ccccc3c3ccccc3c21. The molecular formula is C47H26N2S2. The lowest BCUT2D eigenvalue weighted by Crippen LogP contribution is -1.95. The Morgan fingerprint density at radius 2 is 1.00 bits per heavy atom. The van der Waals surface area contributed by atoms with Crippen LogP contribution in [0, 0.1) is 0 Å². The van der Waals surface area contributed by atoms with Crippen LogP contribution in [-0.2, 0) is 0 Å². The summed E-state index contributed by atoms with van der Waals surface area (Å²) in [6.07, 6.45) is 0. The van der Waals surface area contributed by atoms with Crippen molar-refractivity contribution < 1.29 is 0 Å². The van der Waals surface area contributed by atoms with E-state index >= 15 is 0 Å². The number of benzene rings is 8. The third-order valence-electron chi connectivity index (χ3n) is 10.7. The number of fused-ring (bicyclic) bond motifs is 16. The van der Waals surface area contributed by atoms with Crippen LogP contribution >= 0.6 is 22.7 Å². The van der Waals surface area contributed by atoms with Gasteiger partial charge in [-0.1, -0.05) is 115 Å². The van der Waals surface area contributed by atoms with E-state index in [1.165, 1.54) is 89.1 Å². The minimum absolute atomic E-state index is 1.01. The molecule has 0 aliphatic carbocycles. The first-order chi connectivity index (χ1) is 25.3. The first-order valence-corrected chi connectivity index (χ1v) is 18.9. The second kappa shape index (κ2) is 10.2. The Morgan fingerprint density at radius 1 is 0.412 bits per heavy atom. The standard InChI is InChI=1S/C47H26N2S2/c1-3-14-32-29(11-1)30-12-2-4-15-33(30)44-43(32)34-16-5-8-18-38(34)48-45(44)27-21-23-28(24-22-27)49-39-25-36-31-13-6-9-19-40(31)50-42(36)26-37(39)47-46(49)35-17-7-10-20-41(35)51-47/h1-26H. The van der Waals surface area contributed by atoms with Gasteiger partial charge in [-0.05, 0) is 64.0 Å². The minimum Gasteiger partial charge on any atom is -0.308 e. The van der Waals surface area contributed by atoms with E-state index in [1.807, 2.05) is 22.7 Å². The van der Waals surface area contributed by atoms with Crippen molar-refractivity contribution in [3.05, 3.63) is 158 Å². The first kappa shape index (κ1) is 27.7. The highest BCUT2D eigenvalue weighted by Gasteiger charge is 2.21. The zero-order valence-corrected chi connectivity index (χ0v) is 28.9. The van der Waals surface area contributed by atoms with Crippen LogP contribution in [0.15, 0.2) is 158 Å². The van der Waals surface area contributed by atoms with Crippen LogP contribution < -0.4 is 0 Å². The van der Waals surface area contributed by atoms with Gasteiger partial charge < -0.3 is 4.57 Å². The summed E-state index contributed by atoms with van der Waals surface area (Å²) in [5, 5.41) is 14.0. The molecule has 0 saturated heterocycles. The highest BCUT2D eigenvalue weighted by atomic mass is 32.1.